The Morgan fingerprint density at radius 2 is 2.10 bits per heavy atom. The average Bonchev–Trinajstić information content (AvgIpc) is 2.42. The molecule has 2 aromatic rings. The predicted molar refractivity (Wildman–Crippen MR) is 79.2 cm³/mol. The lowest BCUT2D eigenvalue weighted by Crippen LogP contribution is -2.38. The van der Waals surface area contributed by atoms with Gasteiger partial charge >= 0.3 is 0 Å². The van der Waals surface area contributed by atoms with E-state index in [1.807, 2.05) is 6.07 Å². The number of hydrogen-bond acceptors (Lipinski definition) is 4. The van der Waals surface area contributed by atoms with Crippen LogP contribution in [0.15, 0.2) is 30.5 Å². The van der Waals surface area contributed by atoms with E-state index >= 15 is 0 Å². The van der Waals surface area contributed by atoms with Gasteiger partial charge in [-0.2, -0.15) is 5.26 Å². The summed E-state index contributed by atoms with van der Waals surface area (Å²) < 4.78 is 0. The summed E-state index contributed by atoms with van der Waals surface area (Å²) in [5.74, 6) is 0. The highest BCUT2D eigenvalue weighted by atomic mass is 16.3. The van der Waals surface area contributed by atoms with Gasteiger partial charge in [-0.3, -0.25) is 4.98 Å². The molecule has 0 fully saturated rings. The number of rotatable bonds is 3. The van der Waals surface area contributed by atoms with Crippen molar-refractivity contribution in [3.05, 3.63) is 41.6 Å². The average molecular weight is 269 g/mol. The number of pyridine rings is 1. The summed E-state index contributed by atoms with van der Waals surface area (Å²) >= 11 is 0. The summed E-state index contributed by atoms with van der Waals surface area (Å²) in [5, 5.41) is 23.5. The topological polar surface area (TPSA) is 68.9 Å². The fourth-order valence-electron chi connectivity index (χ4n) is 2.07. The molecule has 0 bridgehead atoms. The maximum Gasteiger partial charge on any atom is 0.0998 e. The highest BCUT2D eigenvalue weighted by Crippen LogP contribution is 2.25. The molecule has 1 aromatic heterocycles. The van der Waals surface area contributed by atoms with Gasteiger partial charge in [0.1, 0.15) is 0 Å². The first kappa shape index (κ1) is 14.4. The number of β-amino-alcohol motifs (C(OH)–C–C–N with tert-alkyl or cyclic N) is 1. The zero-order valence-corrected chi connectivity index (χ0v) is 12.0. The quantitative estimate of drug-likeness (QED) is 0.898. The number of nitriles is 1. The molecule has 0 unspecified atom stereocenters. The number of aromatic nitrogens is 1. The Hall–Kier alpha value is -1.96. The minimum absolute atomic E-state index is 0.0587. The lowest BCUT2D eigenvalue weighted by atomic mass is 10.00. The first-order valence-corrected chi connectivity index (χ1v) is 6.63. The summed E-state index contributed by atoms with van der Waals surface area (Å²) in [4.78, 5) is 4.32. The molecule has 2 rings (SSSR count). The van der Waals surface area contributed by atoms with E-state index in [1.165, 1.54) is 0 Å². The number of fused-ring (bicyclic) bond motifs is 1. The summed E-state index contributed by atoms with van der Waals surface area (Å²) in [6, 6.07) is 9.33. The van der Waals surface area contributed by atoms with Gasteiger partial charge in [-0.15, -0.1) is 0 Å². The SMILES string of the molecule is CC(C)(C)NC[C@H](O)c1ccc(C#N)c2cccnc12. The third-order valence-corrected chi connectivity index (χ3v) is 3.11. The van der Waals surface area contributed by atoms with E-state index in [4.69, 9.17) is 5.26 Å². The van der Waals surface area contributed by atoms with Crippen molar-refractivity contribution in [2.24, 2.45) is 0 Å². The molecular formula is C16H19N3O. The molecule has 0 aliphatic heterocycles. The molecular weight excluding hydrogens is 250 g/mol. The van der Waals surface area contributed by atoms with Crippen LogP contribution in [0.3, 0.4) is 0 Å². The number of nitrogens with zero attached hydrogens (tertiary/aromatic N) is 2. The van der Waals surface area contributed by atoms with Crippen molar-refractivity contribution in [3.63, 3.8) is 0 Å². The second kappa shape index (κ2) is 5.58. The highest BCUT2D eigenvalue weighted by Gasteiger charge is 2.17. The number of aliphatic hydroxyl groups excluding tert-OH is 1. The van der Waals surface area contributed by atoms with Crippen LogP contribution in [0.2, 0.25) is 0 Å². The second-order valence-electron chi connectivity index (χ2n) is 5.86. The Morgan fingerprint density at radius 3 is 2.75 bits per heavy atom. The molecule has 4 nitrogen and oxygen atoms in total. The van der Waals surface area contributed by atoms with Crippen molar-refractivity contribution in [1.82, 2.24) is 10.3 Å². The molecule has 2 N–H and O–H groups in total. The number of nitrogens with one attached hydrogen (secondary N) is 1. The van der Waals surface area contributed by atoms with Gasteiger partial charge < -0.3 is 10.4 Å². The van der Waals surface area contributed by atoms with E-state index in [9.17, 15) is 5.11 Å². The molecule has 0 radical (unpaired) electrons. The Labute approximate surface area is 119 Å². The fraction of sp³-hybridized carbons (Fsp3) is 0.375. The van der Waals surface area contributed by atoms with Crippen LogP contribution in [0.4, 0.5) is 0 Å². The molecule has 0 amide bonds. The Bertz CT molecular complexity index is 653. The first-order valence-electron chi connectivity index (χ1n) is 6.63. The van der Waals surface area contributed by atoms with Crippen LogP contribution in [-0.4, -0.2) is 22.2 Å². The van der Waals surface area contributed by atoms with Crippen LogP contribution >= 0.6 is 0 Å². The van der Waals surface area contributed by atoms with Gasteiger partial charge in [0.05, 0.1) is 23.3 Å². The van der Waals surface area contributed by atoms with Crippen LogP contribution in [0.5, 0.6) is 0 Å². The zero-order chi connectivity index (χ0) is 14.8. The third-order valence-electron chi connectivity index (χ3n) is 3.11. The van der Waals surface area contributed by atoms with Crippen molar-refractivity contribution in [1.29, 1.82) is 5.26 Å². The number of hydrogen-bond donors (Lipinski definition) is 2. The van der Waals surface area contributed by atoms with Gasteiger partial charge in [-0.1, -0.05) is 6.07 Å². The van der Waals surface area contributed by atoms with Crippen LogP contribution in [0.1, 0.15) is 38.0 Å². The van der Waals surface area contributed by atoms with Gasteiger partial charge in [0, 0.05) is 29.2 Å². The highest BCUT2D eigenvalue weighted by molar-refractivity contribution is 5.87. The summed E-state index contributed by atoms with van der Waals surface area (Å²) in [7, 11) is 0. The van der Waals surface area contributed by atoms with E-state index in [0.29, 0.717) is 17.6 Å². The number of aliphatic hydroxyl groups is 1. The minimum Gasteiger partial charge on any atom is -0.387 e. The molecule has 1 atom stereocenters. The molecule has 1 heterocycles. The monoisotopic (exact) mass is 269 g/mol. The van der Waals surface area contributed by atoms with Crippen molar-refractivity contribution in [2.75, 3.05) is 6.54 Å². The van der Waals surface area contributed by atoms with E-state index in [0.717, 1.165) is 10.9 Å². The zero-order valence-electron chi connectivity index (χ0n) is 12.0. The van der Waals surface area contributed by atoms with E-state index in [-0.39, 0.29) is 5.54 Å². The number of benzene rings is 1. The lowest BCUT2D eigenvalue weighted by molar-refractivity contribution is 0.164. The summed E-state index contributed by atoms with van der Waals surface area (Å²) in [5.41, 5.74) is 1.95. The predicted octanol–water partition coefficient (Wildman–Crippen LogP) is 2.53. The van der Waals surface area contributed by atoms with Crippen LogP contribution in [0, 0.1) is 11.3 Å². The fourth-order valence-corrected chi connectivity index (χ4v) is 2.07. The molecule has 0 aliphatic carbocycles. The van der Waals surface area contributed by atoms with Gasteiger partial charge in [-0.05, 0) is 39.0 Å². The van der Waals surface area contributed by atoms with E-state index in [2.05, 4.69) is 37.1 Å². The van der Waals surface area contributed by atoms with Gasteiger partial charge in [-0.25, -0.2) is 0 Å². The third kappa shape index (κ3) is 3.13. The maximum absolute atomic E-state index is 10.4. The second-order valence-corrected chi connectivity index (χ2v) is 5.86. The Kier molecular flexibility index (Phi) is 4.03. The molecule has 1 aromatic carbocycles. The molecule has 20 heavy (non-hydrogen) atoms. The smallest absolute Gasteiger partial charge is 0.0998 e. The minimum atomic E-state index is -0.653. The molecule has 0 spiro atoms. The summed E-state index contributed by atoms with van der Waals surface area (Å²) in [6.07, 6.45) is 1.02. The first-order chi connectivity index (χ1) is 9.42. The largest absolute Gasteiger partial charge is 0.387 e. The lowest BCUT2D eigenvalue weighted by Gasteiger charge is -2.23. The standard InChI is InChI=1S/C16H19N3O/c1-16(2,3)19-10-14(20)13-7-6-11(9-17)12-5-4-8-18-15(12)13/h4-8,14,19-20H,10H2,1-3H3/t14-/m0/s1. The molecule has 0 saturated carbocycles. The molecule has 4 heteroatoms. The van der Waals surface area contributed by atoms with Crippen LogP contribution < -0.4 is 5.32 Å². The van der Waals surface area contributed by atoms with Gasteiger partial charge in [0.2, 0.25) is 0 Å². The normalized spacial score (nSPS) is 13.2. The van der Waals surface area contributed by atoms with Crippen LogP contribution in [-0.2, 0) is 0 Å². The van der Waals surface area contributed by atoms with E-state index in [1.54, 1.807) is 24.4 Å². The van der Waals surface area contributed by atoms with Crippen molar-refractivity contribution in [2.45, 2.75) is 32.4 Å². The molecule has 0 aliphatic rings. The Balaban J connectivity index is 2.38. The van der Waals surface area contributed by atoms with E-state index < -0.39 is 6.10 Å². The maximum atomic E-state index is 10.4. The van der Waals surface area contributed by atoms with Gasteiger partial charge in [0.15, 0.2) is 0 Å². The van der Waals surface area contributed by atoms with Crippen molar-refractivity contribution >= 4 is 10.9 Å². The molecule has 104 valence electrons. The molecule has 0 saturated heterocycles. The van der Waals surface area contributed by atoms with Crippen molar-refractivity contribution in [3.8, 4) is 6.07 Å². The Morgan fingerprint density at radius 1 is 1.35 bits per heavy atom. The van der Waals surface area contributed by atoms with Crippen molar-refractivity contribution < 1.29 is 5.11 Å². The van der Waals surface area contributed by atoms with Crippen LogP contribution in [0.25, 0.3) is 10.9 Å². The van der Waals surface area contributed by atoms with Gasteiger partial charge in [0.25, 0.3) is 0 Å². The summed E-state index contributed by atoms with van der Waals surface area (Å²) in [6.45, 7) is 6.60.